The summed E-state index contributed by atoms with van der Waals surface area (Å²) in [5.74, 6) is 0.00810. The molecule has 0 saturated carbocycles. The van der Waals surface area contributed by atoms with Gasteiger partial charge in [-0.05, 0) is 30.7 Å². The van der Waals surface area contributed by atoms with Crippen LogP contribution in [0.15, 0.2) is 17.5 Å². The Kier molecular flexibility index (Phi) is 4.96. The van der Waals surface area contributed by atoms with E-state index in [0.717, 1.165) is 19.3 Å². The smallest absolute Gasteiger partial charge is 0.308 e. The van der Waals surface area contributed by atoms with Gasteiger partial charge in [0.2, 0.25) is 5.91 Å². The highest BCUT2D eigenvalue weighted by molar-refractivity contribution is 7.09. The summed E-state index contributed by atoms with van der Waals surface area (Å²) in [7, 11) is 1.42. The third kappa shape index (κ3) is 3.80. The fourth-order valence-corrected chi connectivity index (χ4v) is 3.08. The Balaban J connectivity index is 1.74. The highest BCUT2D eigenvalue weighted by Crippen LogP contribution is 2.20. The van der Waals surface area contributed by atoms with Crippen LogP contribution in [0.1, 0.15) is 24.1 Å². The molecule has 0 spiro atoms. The van der Waals surface area contributed by atoms with Crippen LogP contribution in [0.4, 0.5) is 0 Å². The quantitative estimate of drug-likeness (QED) is 0.794. The van der Waals surface area contributed by atoms with Crippen LogP contribution in [0, 0.1) is 5.92 Å². The molecule has 2 rings (SSSR count). The Morgan fingerprint density at radius 2 is 2.16 bits per heavy atom. The molecule has 19 heavy (non-hydrogen) atoms. The number of aryl methyl sites for hydroxylation is 1. The summed E-state index contributed by atoms with van der Waals surface area (Å²) in [5, 5.41) is 2.03. The summed E-state index contributed by atoms with van der Waals surface area (Å²) in [6.07, 6.45) is 2.81. The molecule has 0 aliphatic carbocycles. The first-order valence-corrected chi connectivity index (χ1v) is 7.46. The molecule has 1 aliphatic rings. The number of esters is 1. The van der Waals surface area contributed by atoms with Crippen LogP contribution in [0.2, 0.25) is 0 Å². The third-order valence-corrected chi connectivity index (χ3v) is 4.48. The molecule has 1 aliphatic heterocycles. The molecular formula is C14H19NO3S. The first-order chi connectivity index (χ1) is 9.20. The van der Waals surface area contributed by atoms with Gasteiger partial charge >= 0.3 is 5.97 Å². The number of amides is 1. The van der Waals surface area contributed by atoms with Crippen molar-refractivity contribution in [2.24, 2.45) is 5.92 Å². The van der Waals surface area contributed by atoms with Crippen molar-refractivity contribution < 1.29 is 14.3 Å². The second-order valence-corrected chi connectivity index (χ2v) is 5.79. The van der Waals surface area contributed by atoms with Gasteiger partial charge in [0, 0.05) is 24.4 Å². The third-order valence-electron chi connectivity index (χ3n) is 3.55. The van der Waals surface area contributed by atoms with Crippen LogP contribution < -0.4 is 0 Å². The van der Waals surface area contributed by atoms with E-state index in [2.05, 4.69) is 6.07 Å². The lowest BCUT2D eigenvalue weighted by molar-refractivity contribution is -0.148. The first-order valence-electron chi connectivity index (χ1n) is 6.58. The molecule has 0 atom stereocenters. The Morgan fingerprint density at radius 3 is 2.74 bits per heavy atom. The van der Waals surface area contributed by atoms with Crippen LogP contribution in [-0.4, -0.2) is 37.0 Å². The Bertz CT molecular complexity index is 422. The number of methoxy groups -OCH3 is 1. The molecule has 2 heterocycles. The van der Waals surface area contributed by atoms with Crippen molar-refractivity contribution in [3.8, 4) is 0 Å². The SMILES string of the molecule is COC(=O)C1CCN(C(=O)CCc2cccs2)CC1. The maximum Gasteiger partial charge on any atom is 0.308 e. The number of hydrogen-bond acceptors (Lipinski definition) is 4. The zero-order chi connectivity index (χ0) is 13.7. The zero-order valence-corrected chi connectivity index (χ0v) is 11.9. The number of hydrogen-bond donors (Lipinski definition) is 0. The highest BCUT2D eigenvalue weighted by Gasteiger charge is 2.27. The maximum absolute atomic E-state index is 12.1. The monoisotopic (exact) mass is 281 g/mol. The molecule has 0 unspecified atom stereocenters. The van der Waals surface area contributed by atoms with E-state index in [1.807, 2.05) is 16.3 Å². The minimum absolute atomic E-state index is 0.0358. The van der Waals surface area contributed by atoms with Crippen molar-refractivity contribution in [3.05, 3.63) is 22.4 Å². The van der Waals surface area contributed by atoms with Crippen LogP contribution in [0.3, 0.4) is 0 Å². The van der Waals surface area contributed by atoms with E-state index in [-0.39, 0.29) is 17.8 Å². The molecule has 1 aromatic rings. The topological polar surface area (TPSA) is 46.6 Å². The number of carbonyl (C=O) groups is 2. The van der Waals surface area contributed by atoms with Gasteiger partial charge in [0.05, 0.1) is 13.0 Å². The lowest BCUT2D eigenvalue weighted by Gasteiger charge is -2.30. The summed E-state index contributed by atoms with van der Waals surface area (Å²) in [5.41, 5.74) is 0. The number of ether oxygens (including phenoxy) is 1. The number of piperidine rings is 1. The fourth-order valence-electron chi connectivity index (χ4n) is 2.37. The van der Waals surface area contributed by atoms with Gasteiger partial charge in [0.1, 0.15) is 0 Å². The molecule has 1 amide bonds. The van der Waals surface area contributed by atoms with Gasteiger partial charge in [0.15, 0.2) is 0 Å². The van der Waals surface area contributed by atoms with Crippen molar-refractivity contribution in [1.29, 1.82) is 0 Å². The predicted molar refractivity (Wildman–Crippen MR) is 74.0 cm³/mol. The van der Waals surface area contributed by atoms with Crippen molar-refractivity contribution in [3.63, 3.8) is 0 Å². The minimum Gasteiger partial charge on any atom is -0.469 e. The van der Waals surface area contributed by atoms with Crippen molar-refractivity contribution in [2.45, 2.75) is 25.7 Å². The van der Waals surface area contributed by atoms with E-state index in [4.69, 9.17) is 4.74 Å². The van der Waals surface area contributed by atoms with Gasteiger partial charge in [-0.2, -0.15) is 0 Å². The summed E-state index contributed by atoms with van der Waals surface area (Å²) in [6, 6.07) is 4.06. The van der Waals surface area contributed by atoms with Crippen LogP contribution in [0.5, 0.6) is 0 Å². The van der Waals surface area contributed by atoms with E-state index >= 15 is 0 Å². The van der Waals surface area contributed by atoms with Gasteiger partial charge < -0.3 is 9.64 Å². The molecule has 1 aromatic heterocycles. The molecule has 1 saturated heterocycles. The van der Waals surface area contributed by atoms with E-state index < -0.39 is 0 Å². The van der Waals surface area contributed by atoms with Crippen molar-refractivity contribution in [2.75, 3.05) is 20.2 Å². The number of thiophene rings is 1. The van der Waals surface area contributed by atoms with Crippen molar-refractivity contribution >= 4 is 23.2 Å². The van der Waals surface area contributed by atoms with Gasteiger partial charge in [-0.1, -0.05) is 6.07 Å². The average Bonchev–Trinajstić information content (AvgIpc) is 2.97. The standard InChI is InChI=1S/C14H19NO3S/c1-18-14(17)11-6-8-15(9-7-11)13(16)5-4-12-3-2-10-19-12/h2-3,10-11H,4-9H2,1H3. The van der Waals surface area contributed by atoms with E-state index in [0.29, 0.717) is 19.5 Å². The summed E-state index contributed by atoms with van der Waals surface area (Å²) in [6.45, 7) is 1.34. The molecule has 4 nitrogen and oxygen atoms in total. The summed E-state index contributed by atoms with van der Waals surface area (Å²) in [4.78, 5) is 26.6. The second-order valence-electron chi connectivity index (χ2n) is 4.76. The zero-order valence-electron chi connectivity index (χ0n) is 11.1. The fraction of sp³-hybridized carbons (Fsp3) is 0.571. The van der Waals surface area contributed by atoms with Gasteiger partial charge in [-0.25, -0.2) is 0 Å². The number of carbonyl (C=O) groups excluding carboxylic acids is 2. The van der Waals surface area contributed by atoms with Gasteiger partial charge in [-0.3, -0.25) is 9.59 Å². The number of nitrogens with zero attached hydrogens (tertiary/aromatic N) is 1. The van der Waals surface area contributed by atoms with Crippen LogP contribution in [-0.2, 0) is 20.7 Å². The Labute approximate surface area is 117 Å². The molecule has 5 heteroatoms. The molecule has 0 bridgehead atoms. The second kappa shape index (κ2) is 6.70. The van der Waals surface area contributed by atoms with Crippen LogP contribution >= 0.6 is 11.3 Å². The van der Waals surface area contributed by atoms with Crippen LogP contribution in [0.25, 0.3) is 0 Å². The maximum atomic E-state index is 12.1. The average molecular weight is 281 g/mol. The van der Waals surface area contributed by atoms with Crippen molar-refractivity contribution in [1.82, 2.24) is 4.90 Å². The lowest BCUT2D eigenvalue weighted by Crippen LogP contribution is -2.40. The molecule has 1 fully saturated rings. The number of likely N-dealkylation sites (tertiary alicyclic amines) is 1. The highest BCUT2D eigenvalue weighted by atomic mass is 32.1. The molecule has 0 radical (unpaired) electrons. The summed E-state index contributed by atoms with van der Waals surface area (Å²) >= 11 is 1.69. The van der Waals surface area contributed by atoms with E-state index in [9.17, 15) is 9.59 Å². The molecule has 0 aromatic carbocycles. The summed E-state index contributed by atoms with van der Waals surface area (Å²) < 4.78 is 4.74. The minimum atomic E-state index is -0.148. The molecular weight excluding hydrogens is 262 g/mol. The van der Waals surface area contributed by atoms with Gasteiger partial charge in [0.25, 0.3) is 0 Å². The lowest BCUT2D eigenvalue weighted by atomic mass is 9.97. The predicted octanol–water partition coefficient (Wildman–Crippen LogP) is 2.09. The normalized spacial score (nSPS) is 16.4. The largest absolute Gasteiger partial charge is 0.469 e. The molecule has 0 N–H and O–H groups in total. The van der Waals surface area contributed by atoms with E-state index in [1.165, 1.54) is 12.0 Å². The Morgan fingerprint density at radius 1 is 1.42 bits per heavy atom. The van der Waals surface area contributed by atoms with Gasteiger partial charge in [-0.15, -0.1) is 11.3 Å². The van der Waals surface area contributed by atoms with E-state index in [1.54, 1.807) is 11.3 Å². The number of rotatable bonds is 4. The molecule has 104 valence electrons. The Hall–Kier alpha value is -1.36. The first kappa shape index (κ1) is 14.1.